The highest BCUT2D eigenvalue weighted by molar-refractivity contribution is 6.31. The lowest BCUT2D eigenvalue weighted by Crippen LogP contribution is -2.15. The van der Waals surface area contributed by atoms with E-state index in [0.717, 1.165) is 0 Å². The van der Waals surface area contributed by atoms with E-state index in [-0.39, 0.29) is 22.0 Å². The summed E-state index contributed by atoms with van der Waals surface area (Å²) in [6, 6.07) is 7.97. The van der Waals surface area contributed by atoms with E-state index in [9.17, 15) is 19.3 Å². The number of nitrogen functional groups attached to an aromatic ring is 1. The van der Waals surface area contributed by atoms with Gasteiger partial charge in [-0.25, -0.2) is 4.39 Å². The van der Waals surface area contributed by atoms with E-state index in [1.54, 1.807) is 0 Å². The van der Waals surface area contributed by atoms with E-state index in [4.69, 9.17) is 17.3 Å². The minimum Gasteiger partial charge on any atom is -0.393 e. The summed E-state index contributed by atoms with van der Waals surface area (Å²) in [5.41, 5.74) is 4.37. The Hall–Kier alpha value is -2.67. The minimum atomic E-state index is -0.852. The number of amides is 1. The maximum absolute atomic E-state index is 13.7. The van der Waals surface area contributed by atoms with Gasteiger partial charge in [0.25, 0.3) is 5.91 Å². The average molecular weight is 310 g/mol. The van der Waals surface area contributed by atoms with Gasteiger partial charge in [-0.3, -0.25) is 14.9 Å². The van der Waals surface area contributed by atoms with Crippen molar-refractivity contribution in [3.63, 3.8) is 0 Å². The lowest BCUT2D eigenvalue weighted by atomic mass is 10.1. The Morgan fingerprint density at radius 2 is 1.95 bits per heavy atom. The molecule has 2 aromatic carbocycles. The minimum absolute atomic E-state index is 0.154. The fourth-order valence-electron chi connectivity index (χ4n) is 1.74. The molecule has 0 bridgehead atoms. The Morgan fingerprint density at radius 1 is 1.29 bits per heavy atom. The number of hydrogen-bond acceptors (Lipinski definition) is 4. The van der Waals surface area contributed by atoms with Crippen LogP contribution in [0.15, 0.2) is 36.4 Å². The lowest BCUT2D eigenvalue weighted by Gasteiger charge is -2.08. The summed E-state index contributed by atoms with van der Waals surface area (Å²) >= 11 is 5.60. The molecule has 1 amide bonds. The summed E-state index contributed by atoms with van der Waals surface area (Å²) in [5.74, 6) is -1.67. The molecule has 2 rings (SSSR count). The van der Waals surface area contributed by atoms with Gasteiger partial charge < -0.3 is 11.1 Å². The fraction of sp³-hybridized carbons (Fsp3) is 0. The second kappa shape index (κ2) is 5.76. The van der Waals surface area contributed by atoms with Crippen molar-refractivity contribution in [2.24, 2.45) is 0 Å². The largest absolute Gasteiger partial charge is 0.393 e. The van der Waals surface area contributed by atoms with Gasteiger partial charge in [-0.15, -0.1) is 0 Å². The summed E-state index contributed by atoms with van der Waals surface area (Å²) in [5, 5.41) is 13.0. The van der Waals surface area contributed by atoms with Crippen LogP contribution in [0.4, 0.5) is 21.5 Å². The van der Waals surface area contributed by atoms with E-state index in [1.807, 2.05) is 0 Å². The van der Waals surface area contributed by atoms with Gasteiger partial charge in [0.15, 0.2) is 5.82 Å². The number of nitrogens with one attached hydrogen (secondary N) is 1. The number of nitrogens with two attached hydrogens (primary N) is 1. The van der Waals surface area contributed by atoms with Crippen LogP contribution < -0.4 is 11.1 Å². The third kappa shape index (κ3) is 2.92. The van der Waals surface area contributed by atoms with Gasteiger partial charge in [0.2, 0.25) is 0 Å². The molecule has 0 radical (unpaired) electrons. The van der Waals surface area contributed by atoms with Crippen LogP contribution >= 0.6 is 11.6 Å². The molecule has 0 atom stereocenters. The van der Waals surface area contributed by atoms with E-state index >= 15 is 0 Å². The molecule has 21 heavy (non-hydrogen) atoms. The molecular weight excluding hydrogens is 301 g/mol. The molecule has 2 aromatic rings. The quantitative estimate of drug-likeness (QED) is 0.516. The number of para-hydroxylation sites is 1. The molecule has 6 nitrogen and oxygen atoms in total. The third-order valence-corrected chi connectivity index (χ3v) is 2.99. The monoisotopic (exact) mass is 309 g/mol. The number of nitro groups is 1. The lowest BCUT2D eigenvalue weighted by molar-refractivity contribution is -0.384. The van der Waals surface area contributed by atoms with Crippen molar-refractivity contribution in [1.29, 1.82) is 0 Å². The van der Waals surface area contributed by atoms with Crippen LogP contribution in [-0.4, -0.2) is 10.8 Å². The zero-order valence-electron chi connectivity index (χ0n) is 10.5. The molecular formula is C13H9ClFN3O3. The molecule has 108 valence electrons. The Kier molecular flexibility index (Phi) is 4.04. The zero-order chi connectivity index (χ0) is 15.6. The van der Waals surface area contributed by atoms with Crippen LogP contribution in [0.1, 0.15) is 10.4 Å². The molecule has 0 saturated carbocycles. The number of halogens is 2. The van der Waals surface area contributed by atoms with Crippen molar-refractivity contribution in [3.8, 4) is 0 Å². The van der Waals surface area contributed by atoms with Gasteiger partial charge >= 0.3 is 5.69 Å². The smallest absolute Gasteiger partial charge is 0.304 e. The SMILES string of the molecule is Nc1cccc(C(=O)Nc2cccc(Cl)c2F)c1[N+](=O)[O-]. The molecule has 0 saturated heterocycles. The van der Waals surface area contributed by atoms with E-state index in [1.165, 1.54) is 36.4 Å². The van der Waals surface area contributed by atoms with E-state index < -0.39 is 22.3 Å². The number of carbonyl (C=O) groups excluding carboxylic acids is 1. The Morgan fingerprint density at radius 3 is 2.62 bits per heavy atom. The second-order valence-electron chi connectivity index (χ2n) is 4.06. The van der Waals surface area contributed by atoms with Crippen molar-refractivity contribution >= 4 is 34.6 Å². The summed E-state index contributed by atoms with van der Waals surface area (Å²) in [6.45, 7) is 0. The van der Waals surface area contributed by atoms with Gasteiger partial charge in [-0.2, -0.15) is 0 Å². The van der Waals surface area contributed by atoms with Crippen molar-refractivity contribution < 1.29 is 14.1 Å². The van der Waals surface area contributed by atoms with Gasteiger partial charge in [0.1, 0.15) is 11.3 Å². The van der Waals surface area contributed by atoms with E-state index in [0.29, 0.717) is 0 Å². The molecule has 0 aromatic heterocycles. The highest BCUT2D eigenvalue weighted by Gasteiger charge is 2.23. The predicted molar refractivity (Wildman–Crippen MR) is 76.9 cm³/mol. The Labute approximate surface area is 123 Å². The van der Waals surface area contributed by atoms with Gasteiger partial charge in [-0.1, -0.05) is 23.7 Å². The summed E-state index contributed by atoms with van der Waals surface area (Å²) in [4.78, 5) is 22.3. The standard InChI is InChI=1S/C13H9ClFN3O3/c14-8-4-2-6-10(11(8)15)17-13(19)7-3-1-5-9(16)12(7)18(20)21/h1-6H,16H2,(H,17,19). The van der Waals surface area contributed by atoms with Crippen molar-refractivity contribution in [2.75, 3.05) is 11.1 Å². The maximum atomic E-state index is 13.7. The summed E-state index contributed by atoms with van der Waals surface area (Å²) in [6.07, 6.45) is 0. The first-order valence-corrected chi connectivity index (χ1v) is 6.08. The predicted octanol–water partition coefficient (Wildman–Crippen LogP) is 3.22. The molecule has 0 spiro atoms. The van der Waals surface area contributed by atoms with E-state index in [2.05, 4.69) is 5.32 Å². The Balaban J connectivity index is 2.40. The average Bonchev–Trinajstić information content (AvgIpc) is 2.43. The van der Waals surface area contributed by atoms with Crippen LogP contribution in [0.3, 0.4) is 0 Å². The van der Waals surface area contributed by atoms with Crippen LogP contribution in [0.2, 0.25) is 5.02 Å². The highest BCUT2D eigenvalue weighted by Crippen LogP contribution is 2.28. The number of carbonyl (C=O) groups is 1. The first-order chi connectivity index (χ1) is 9.91. The third-order valence-electron chi connectivity index (χ3n) is 2.69. The molecule has 0 fully saturated rings. The van der Waals surface area contributed by atoms with Gasteiger partial charge in [-0.05, 0) is 24.3 Å². The number of rotatable bonds is 3. The zero-order valence-corrected chi connectivity index (χ0v) is 11.2. The van der Waals surface area contributed by atoms with Crippen LogP contribution in [0, 0.1) is 15.9 Å². The van der Waals surface area contributed by atoms with Crippen molar-refractivity contribution in [3.05, 3.63) is 62.9 Å². The number of hydrogen-bond donors (Lipinski definition) is 2. The molecule has 8 heteroatoms. The first-order valence-electron chi connectivity index (χ1n) is 5.70. The topological polar surface area (TPSA) is 98.3 Å². The summed E-state index contributed by atoms with van der Waals surface area (Å²) < 4.78 is 13.7. The Bertz CT molecular complexity index is 737. The number of anilines is 2. The first kappa shape index (κ1) is 14.7. The molecule has 0 aliphatic rings. The molecule has 3 N–H and O–H groups in total. The van der Waals surface area contributed by atoms with Crippen LogP contribution in [0.25, 0.3) is 0 Å². The maximum Gasteiger partial charge on any atom is 0.304 e. The van der Waals surface area contributed by atoms with Gasteiger partial charge in [0.05, 0.1) is 15.6 Å². The summed E-state index contributed by atoms with van der Waals surface area (Å²) in [7, 11) is 0. The van der Waals surface area contributed by atoms with Crippen molar-refractivity contribution in [2.45, 2.75) is 0 Å². The molecule has 0 aliphatic carbocycles. The fourth-order valence-corrected chi connectivity index (χ4v) is 1.91. The molecule has 0 heterocycles. The highest BCUT2D eigenvalue weighted by atomic mass is 35.5. The van der Waals surface area contributed by atoms with Gasteiger partial charge in [0, 0.05) is 0 Å². The van der Waals surface area contributed by atoms with Crippen LogP contribution in [0.5, 0.6) is 0 Å². The second-order valence-corrected chi connectivity index (χ2v) is 4.46. The van der Waals surface area contributed by atoms with Crippen molar-refractivity contribution in [1.82, 2.24) is 0 Å². The number of benzene rings is 2. The molecule has 0 aliphatic heterocycles. The van der Waals surface area contributed by atoms with Crippen LogP contribution in [-0.2, 0) is 0 Å². The number of nitro benzene ring substituents is 1. The number of nitrogens with zero attached hydrogens (tertiary/aromatic N) is 1. The normalized spacial score (nSPS) is 10.2. The molecule has 0 unspecified atom stereocenters.